The van der Waals surface area contributed by atoms with E-state index in [-0.39, 0.29) is 0 Å². The van der Waals surface area contributed by atoms with Crippen LogP contribution in [0, 0.1) is 0 Å². The monoisotopic (exact) mass is 245 g/mol. The van der Waals surface area contributed by atoms with Gasteiger partial charge in [0, 0.05) is 18.0 Å². The van der Waals surface area contributed by atoms with Crippen molar-refractivity contribution in [1.82, 2.24) is 0 Å². The van der Waals surface area contributed by atoms with E-state index in [0.717, 1.165) is 26.3 Å². The lowest BCUT2D eigenvalue weighted by Gasteiger charge is -2.27. The summed E-state index contributed by atoms with van der Waals surface area (Å²) in [5.74, 6) is 0. The summed E-state index contributed by atoms with van der Waals surface area (Å²) in [6.07, 6.45) is 0. The first-order valence-corrected chi connectivity index (χ1v) is 6.73. The molecule has 88 valence electrons. The molecule has 0 amide bonds. The minimum atomic E-state index is 0.846. The molecule has 0 bridgehead atoms. The average Bonchev–Trinajstić information content (AvgIpc) is 2.90. The highest BCUT2D eigenvalue weighted by molar-refractivity contribution is 7.19. The highest BCUT2D eigenvalue weighted by Gasteiger charge is 2.13. The van der Waals surface area contributed by atoms with Gasteiger partial charge in [-0.25, -0.2) is 0 Å². The van der Waals surface area contributed by atoms with Crippen LogP contribution < -0.4 is 4.90 Å². The molecule has 0 aliphatic carbocycles. The Balaban J connectivity index is 1.83. The molecule has 0 saturated carbocycles. The highest BCUT2D eigenvalue weighted by Crippen LogP contribution is 2.33. The Labute approximate surface area is 105 Å². The van der Waals surface area contributed by atoms with E-state index < -0.39 is 0 Å². The van der Waals surface area contributed by atoms with Crippen molar-refractivity contribution in [2.75, 3.05) is 31.2 Å². The Bertz CT molecular complexity index is 474. The summed E-state index contributed by atoms with van der Waals surface area (Å²) in [4.78, 5) is 3.74. The molecule has 0 N–H and O–H groups in total. The lowest BCUT2D eigenvalue weighted by molar-refractivity contribution is 0.123. The third kappa shape index (κ3) is 2.35. The van der Waals surface area contributed by atoms with E-state index in [2.05, 4.69) is 47.4 Å². The van der Waals surface area contributed by atoms with E-state index in [1.807, 2.05) is 11.3 Å². The third-order valence-electron chi connectivity index (χ3n) is 2.97. The smallest absolute Gasteiger partial charge is 0.0916 e. The number of hydrogen-bond acceptors (Lipinski definition) is 3. The van der Waals surface area contributed by atoms with E-state index in [4.69, 9.17) is 4.74 Å². The Hall–Kier alpha value is -1.32. The third-order valence-corrected chi connectivity index (χ3v) is 4.17. The van der Waals surface area contributed by atoms with E-state index in [1.54, 1.807) is 0 Å². The van der Waals surface area contributed by atoms with Crippen molar-refractivity contribution in [1.29, 1.82) is 0 Å². The fraction of sp³-hybridized carbons (Fsp3) is 0.286. The Morgan fingerprint density at radius 3 is 2.47 bits per heavy atom. The molecule has 1 aliphatic rings. The number of ether oxygens (including phenoxy) is 1. The molecule has 1 fully saturated rings. The van der Waals surface area contributed by atoms with Crippen LogP contribution in [0.25, 0.3) is 10.4 Å². The van der Waals surface area contributed by atoms with Gasteiger partial charge in [-0.3, -0.25) is 0 Å². The van der Waals surface area contributed by atoms with Crippen molar-refractivity contribution < 1.29 is 4.74 Å². The number of anilines is 1. The molecule has 0 atom stereocenters. The van der Waals surface area contributed by atoms with Crippen LogP contribution in [0.4, 0.5) is 5.00 Å². The number of thiophene rings is 1. The van der Waals surface area contributed by atoms with Crippen LogP contribution in [0.15, 0.2) is 42.5 Å². The fourth-order valence-corrected chi connectivity index (χ4v) is 3.10. The summed E-state index contributed by atoms with van der Waals surface area (Å²) in [6.45, 7) is 3.71. The minimum absolute atomic E-state index is 0.846. The molecular weight excluding hydrogens is 230 g/mol. The predicted molar refractivity (Wildman–Crippen MR) is 72.8 cm³/mol. The van der Waals surface area contributed by atoms with Gasteiger partial charge in [0.2, 0.25) is 0 Å². The number of morpholine rings is 1. The maximum atomic E-state index is 5.38. The molecule has 1 saturated heterocycles. The van der Waals surface area contributed by atoms with E-state index in [9.17, 15) is 0 Å². The SMILES string of the molecule is c1ccc(-c2ccc(N3CCOCC3)s2)cc1. The van der Waals surface area contributed by atoms with Crippen LogP contribution in [0.2, 0.25) is 0 Å². The normalized spacial score (nSPS) is 16.1. The molecule has 2 aromatic rings. The van der Waals surface area contributed by atoms with Gasteiger partial charge in [0.1, 0.15) is 0 Å². The molecule has 0 unspecified atom stereocenters. The van der Waals surface area contributed by atoms with Crippen LogP contribution in [-0.4, -0.2) is 26.3 Å². The number of hydrogen-bond donors (Lipinski definition) is 0. The molecule has 0 spiro atoms. The highest BCUT2D eigenvalue weighted by atomic mass is 32.1. The summed E-state index contributed by atoms with van der Waals surface area (Å²) >= 11 is 1.86. The molecule has 3 rings (SSSR count). The lowest BCUT2D eigenvalue weighted by atomic mass is 10.2. The van der Waals surface area contributed by atoms with Crippen molar-refractivity contribution in [3.63, 3.8) is 0 Å². The first-order chi connectivity index (χ1) is 8.43. The van der Waals surface area contributed by atoms with Crippen LogP contribution >= 0.6 is 11.3 Å². The van der Waals surface area contributed by atoms with Gasteiger partial charge >= 0.3 is 0 Å². The van der Waals surface area contributed by atoms with Crippen molar-refractivity contribution in [3.8, 4) is 10.4 Å². The molecule has 1 aromatic carbocycles. The van der Waals surface area contributed by atoms with E-state index in [0.29, 0.717) is 0 Å². The van der Waals surface area contributed by atoms with Crippen molar-refractivity contribution in [2.45, 2.75) is 0 Å². The molecule has 1 aromatic heterocycles. The van der Waals surface area contributed by atoms with Gasteiger partial charge in [-0.15, -0.1) is 11.3 Å². The van der Waals surface area contributed by atoms with E-state index in [1.165, 1.54) is 15.4 Å². The zero-order chi connectivity index (χ0) is 11.5. The predicted octanol–water partition coefficient (Wildman–Crippen LogP) is 3.25. The van der Waals surface area contributed by atoms with Gasteiger partial charge in [0.05, 0.1) is 18.2 Å². The van der Waals surface area contributed by atoms with E-state index >= 15 is 0 Å². The van der Waals surface area contributed by atoms with Gasteiger partial charge in [-0.1, -0.05) is 30.3 Å². The van der Waals surface area contributed by atoms with Crippen LogP contribution in [0.3, 0.4) is 0 Å². The van der Waals surface area contributed by atoms with Crippen LogP contribution in [0.1, 0.15) is 0 Å². The van der Waals surface area contributed by atoms with Gasteiger partial charge in [-0.05, 0) is 17.7 Å². The molecule has 3 heteroatoms. The van der Waals surface area contributed by atoms with Crippen LogP contribution in [0.5, 0.6) is 0 Å². The molecular formula is C14H15NOS. The number of nitrogens with zero attached hydrogens (tertiary/aromatic N) is 1. The van der Waals surface area contributed by atoms with Gasteiger partial charge in [0.25, 0.3) is 0 Å². The van der Waals surface area contributed by atoms with Crippen molar-refractivity contribution in [2.24, 2.45) is 0 Å². The summed E-state index contributed by atoms with van der Waals surface area (Å²) in [6, 6.07) is 15.0. The Kier molecular flexibility index (Phi) is 3.12. The molecule has 1 aliphatic heterocycles. The van der Waals surface area contributed by atoms with Gasteiger partial charge in [-0.2, -0.15) is 0 Å². The zero-order valence-corrected chi connectivity index (χ0v) is 10.5. The Morgan fingerprint density at radius 1 is 0.941 bits per heavy atom. The standard InChI is InChI=1S/C14H15NOS/c1-2-4-12(5-3-1)13-6-7-14(17-13)15-8-10-16-11-9-15/h1-7H,8-11H2. The quantitative estimate of drug-likeness (QED) is 0.805. The van der Waals surface area contributed by atoms with Crippen molar-refractivity contribution in [3.05, 3.63) is 42.5 Å². The molecule has 0 radical (unpaired) electrons. The second kappa shape index (κ2) is 4.90. The summed E-state index contributed by atoms with van der Waals surface area (Å²) < 4.78 is 5.38. The average molecular weight is 245 g/mol. The molecule has 2 nitrogen and oxygen atoms in total. The fourth-order valence-electron chi connectivity index (χ4n) is 2.04. The zero-order valence-electron chi connectivity index (χ0n) is 9.63. The number of benzene rings is 1. The van der Waals surface area contributed by atoms with Gasteiger partial charge < -0.3 is 9.64 Å². The topological polar surface area (TPSA) is 12.5 Å². The summed E-state index contributed by atoms with van der Waals surface area (Å²) in [7, 11) is 0. The Morgan fingerprint density at radius 2 is 1.71 bits per heavy atom. The second-order valence-corrected chi connectivity index (χ2v) is 5.17. The molecule has 17 heavy (non-hydrogen) atoms. The molecule has 2 heterocycles. The van der Waals surface area contributed by atoms with Crippen LogP contribution in [-0.2, 0) is 4.74 Å². The maximum Gasteiger partial charge on any atom is 0.0916 e. The second-order valence-electron chi connectivity index (χ2n) is 4.10. The maximum absolute atomic E-state index is 5.38. The summed E-state index contributed by atoms with van der Waals surface area (Å²) in [5, 5.41) is 1.35. The first kappa shape index (κ1) is 10.8. The first-order valence-electron chi connectivity index (χ1n) is 5.91. The summed E-state index contributed by atoms with van der Waals surface area (Å²) in [5.41, 5.74) is 1.30. The minimum Gasteiger partial charge on any atom is -0.378 e. The van der Waals surface area contributed by atoms with Crippen molar-refractivity contribution >= 4 is 16.3 Å². The number of rotatable bonds is 2. The largest absolute Gasteiger partial charge is 0.378 e. The van der Waals surface area contributed by atoms with Gasteiger partial charge in [0.15, 0.2) is 0 Å². The lowest BCUT2D eigenvalue weighted by Crippen LogP contribution is -2.35.